The normalized spacial score (nSPS) is 11.9. The third-order valence-electron chi connectivity index (χ3n) is 4.89. The summed E-state index contributed by atoms with van der Waals surface area (Å²) >= 11 is 0. The van der Waals surface area contributed by atoms with E-state index < -0.39 is 0 Å². The molecule has 5 nitrogen and oxygen atoms in total. The molecule has 0 aliphatic heterocycles. The summed E-state index contributed by atoms with van der Waals surface area (Å²) in [6, 6.07) is 19.2. The van der Waals surface area contributed by atoms with E-state index in [1.54, 1.807) is 12.1 Å². The van der Waals surface area contributed by atoms with E-state index in [1.807, 2.05) is 30.3 Å². The number of hydrogen-bond acceptors (Lipinski definition) is 5. The summed E-state index contributed by atoms with van der Waals surface area (Å²) in [5.41, 5.74) is 3.74. The third kappa shape index (κ3) is 5.59. The SMILES string of the molecule is CC(Cc1ccc(O)cc1)c1ccccc1CNCC(=O)c1cc(O)cc(O)c1. The Morgan fingerprint density at radius 3 is 2.24 bits per heavy atom. The standard InChI is InChI=1S/C24H25NO4/c1-16(10-17-6-8-20(26)9-7-17)23-5-3-2-4-18(23)14-25-15-24(29)19-11-21(27)13-22(28)12-19/h2-9,11-13,16,25-28H,10,14-15H2,1H3. The van der Waals surface area contributed by atoms with Crippen LogP contribution in [0.25, 0.3) is 0 Å². The van der Waals surface area contributed by atoms with Gasteiger partial charge in [0.05, 0.1) is 6.54 Å². The summed E-state index contributed by atoms with van der Waals surface area (Å²) in [5, 5.41) is 31.7. The Kier molecular flexibility index (Phi) is 6.52. The molecule has 0 amide bonds. The van der Waals surface area contributed by atoms with Crippen LogP contribution in [0.1, 0.15) is 39.9 Å². The zero-order chi connectivity index (χ0) is 20.8. The van der Waals surface area contributed by atoms with Crippen LogP contribution >= 0.6 is 0 Å². The number of hydrogen-bond donors (Lipinski definition) is 4. The molecule has 0 fully saturated rings. The Bertz CT molecular complexity index is 962. The summed E-state index contributed by atoms with van der Waals surface area (Å²) < 4.78 is 0. The zero-order valence-corrected chi connectivity index (χ0v) is 16.3. The first-order valence-corrected chi connectivity index (χ1v) is 9.55. The molecule has 0 saturated carbocycles. The maximum absolute atomic E-state index is 12.3. The topological polar surface area (TPSA) is 89.8 Å². The summed E-state index contributed by atoms with van der Waals surface area (Å²) in [7, 11) is 0. The minimum Gasteiger partial charge on any atom is -0.508 e. The van der Waals surface area contributed by atoms with Gasteiger partial charge in [-0.1, -0.05) is 43.3 Å². The summed E-state index contributed by atoms with van der Waals surface area (Å²) in [6.45, 7) is 2.79. The van der Waals surface area contributed by atoms with Crippen molar-refractivity contribution in [3.05, 3.63) is 89.0 Å². The van der Waals surface area contributed by atoms with Gasteiger partial charge in [0.25, 0.3) is 0 Å². The van der Waals surface area contributed by atoms with Crippen LogP contribution < -0.4 is 5.32 Å². The van der Waals surface area contributed by atoms with Gasteiger partial charge in [-0.05, 0) is 53.3 Å². The highest BCUT2D eigenvalue weighted by atomic mass is 16.3. The molecule has 29 heavy (non-hydrogen) atoms. The second-order valence-corrected chi connectivity index (χ2v) is 7.24. The number of ketones is 1. The largest absolute Gasteiger partial charge is 0.508 e. The molecule has 5 heteroatoms. The number of Topliss-reactive ketones (excluding diaryl/α,β-unsaturated/α-hetero) is 1. The van der Waals surface area contributed by atoms with Crippen LogP contribution in [0.15, 0.2) is 66.7 Å². The molecular weight excluding hydrogens is 366 g/mol. The van der Waals surface area contributed by atoms with E-state index in [-0.39, 0.29) is 41.1 Å². The lowest BCUT2D eigenvalue weighted by Crippen LogP contribution is -2.23. The number of nitrogens with one attached hydrogen (secondary N) is 1. The fourth-order valence-electron chi connectivity index (χ4n) is 3.44. The Hall–Kier alpha value is -3.31. The maximum atomic E-state index is 12.3. The van der Waals surface area contributed by atoms with Crippen LogP contribution in [-0.4, -0.2) is 27.6 Å². The highest BCUT2D eigenvalue weighted by Gasteiger charge is 2.13. The first kappa shape index (κ1) is 20.4. The van der Waals surface area contributed by atoms with Gasteiger partial charge in [0.2, 0.25) is 0 Å². The van der Waals surface area contributed by atoms with Crippen molar-refractivity contribution in [2.45, 2.75) is 25.8 Å². The van der Waals surface area contributed by atoms with Crippen LogP contribution in [0.4, 0.5) is 0 Å². The lowest BCUT2D eigenvalue weighted by Gasteiger charge is -2.17. The number of benzene rings is 3. The van der Waals surface area contributed by atoms with Crippen molar-refractivity contribution in [1.29, 1.82) is 0 Å². The van der Waals surface area contributed by atoms with Crippen molar-refractivity contribution >= 4 is 5.78 Å². The lowest BCUT2D eigenvalue weighted by atomic mass is 9.90. The molecule has 0 aliphatic carbocycles. The van der Waals surface area contributed by atoms with Crippen LogP contribution in [0.2, 0.25) is 0 Å². The molecule has 0 heterocycles. The molecule has 150 valence electrons. The van der Waals surface area contributed by atoms with Crippen LogP contribution in [0.3, 0.4) is 0 Å². The van der Waals surface area contributed by atoms with Crippen molar-refractivity contribution in [2.24, 2.45) is 0 Å². The van der Waals surface area contributed by atoms with Crippen molar-refractivity contribution in [3.8, 4) is 17.2 Å². The number of carbonyl (C=O) groups is 1. The van der Waals surface area contributed by atoms with E-state index >= 15 is 0 Å². The number of carbonyl (C=O) groups excluding carboxylic acids is 1. The highest BCUT2D eigenvalue weighted by molar-refractivity contribution is 5.98. The third-order valence-corrected chi connectivity index (χ3v) is 4.89. The molecule has 0 bridgehead atoms. The van der Waals surface area contributed by atoms with Crippen molar-refractivity contribution in [3.63, 3.8) is 0 Å². The van der Waals surface area contributed by atoms with Crippen LogP contribution in [0, 0.1) is 0 Å². The smallest absolute Gasteiger partial charge is 0.176 e. The van der Waals surface area contributed by atoms with Gasteiger partial charge in [-0.15, -0.1) is 0 Å². The molecule has 3 aromatic rings. The van der Waals surface area contributed by atoms with E-state index in [1.165, 1.54) is 23.8 Å². The maximum Gasteiger partial charge on any atom is 0.176 e. The van der Waals surface area contributed by atoms with Gasteiger partial charge >= 0.3 is 0 Å². The molecular formula is C24H25NO4. The second kappa shape index (κ2) is 9.26. The predicted molar refractivity (Wildman–Crippen MR) is 112 cm³/mol. The van der Waals surface area contributed by atoms with Gasteiger partial charge in [-0.3, -0.25) is 4.79 Å². The van der Waals surface area contributed by atoms with E-state index in [9.17, 15) is 20.1 Å². The zero-order valence-electron chi connectivity index (χ0n) is 16.3. The molecule has 3 aromatic carbocycles. The Labute approximate surface area is 170 Å². The second-order valence-electron chi connectivity index (χ2n) is 7.24. The van der Waals surface area contributed by atoms with Crippen molar-refractivity contribution in [2.75, 3.05) is 6.54 Å². The first-order valence-electron chi connectivity index (χ1n) is 9.55. The van der Waals surface area contributed by atoms with E-state index in [2.05, 4.69) is 18.3 Å². The van der Waals surface area contributed by atoms with Crippen LogP contribution in [-0.2, 0) is 13.0 Å². The van der Waals surface area contributed by atoms with Gasteiger partial charge in [0.15, 0.2) is 5.78 Å². The monoisotopic (exact) mass is 391 g/mol. The van der Waals surface area contributed by atoms with Gasteiger partial charge in [-0.25, -0.2) is 0 Å². The van der Waals surface area contributed by atoms with E-state index in [0.717, 1.165) is 17.5 Å². The molecule has 0 spiro atoms. The van der Waals surface area contributed by atoms with Gasteiger partial charge < -0.3 is 20.6 Å². The molecule has 0 radical (unpaired) electrons. The first-order chi connectivity index (χ1) is 13.9. The predicted octanol–water partition coefficient (Wildman–Crippen LogP) is 4.12. The fourth-order valence-corrected chi connectivity index (χ4v) is 3.44. The number of aromatic hydroxyl groups is 3. The average Bonchev–Trinajstić information content (AvgIpc) is 2.69. The molecule has 0 aromatic heterocycles. The molecule has 0 saturated heterocycles. The van der Waals surface area contributed by atoms with Gasteiger partial charge in [0.1, 0.15) is 17.2 Å². The Morgan fingerprint density at radius 1 is 0.897 bits per heavy atom. The van der Waals surface area contributed by atoms with Crippen molar-refractivity contribution in [1.82, 2.24) is 5.32 Å². The van der Waals surface area contributed by atoms with E-state index in [4.69, 9.17) is 0 Å². The minimum absolute atomic E-state index is 0.101. The van der Waals surface area contributed by atoms with Crippen LogP contribution in [0.5, 0.6) is 17.2 Å². The molecule has 0 aliphatic rings. The Morgan fingerprint density at radius 2 is 1.55 bits per heavy atom. The fraction of sp³-hybridized carbons (Fsp3) is 0.208. The molecule has 1 atom stereocenters. The lowest BCUT2D eigenvalue weighted by molar-refractivity contribution is 0.0990. The molecule has 4 N–H and O–H groups in total. The summed E-state index contributed by atoms with van der Waals surface area (Å²) in [4.78, 5) is 12.3. The molecule has 1 unspecified atom stereocenters. The van der Waals surface area contributed by atoms with Gasteiger partial charge in [-0.2, -0.15) is 0 Å². The number of phenolic OH excluding ortho intramolecular Hbond substituents is 3. The average molecular weight is 391 g/mol. The highest BCUT2D eigenvalue weighted by Crippen LogP contribution is 2.25. The van der Waals surface area contributed by atoms with Crippen molar-refractivity contribution < 1.29 is 20.1 Å². The number of phenols is 3. The number of rotatable bonds is 8. The summed E-state index contributed by atoms with van der Waals surface area (Å²) in [5.74, 6) is 0.0568. The van der Waals surface area contributed by atoms with E-state index in [0.29, 0.717) is 6.54 Å². The van der Waals surface area contributed by atoms with Gasteiger partial charge in [0, 0.05) is 18.2 Å². The quantitative estimate of drug-likeness (QED) is 0.434. The summed E-state index contributed by atoms with van der Waals surface area (Å²) in [6.07, 6.45) is 0.846. The minimum atomic E-state index is -0.203. The molecule has 3 rings (SSSR count). The Balaban J connectivity index is 1.62.